The molecule has 1 aromatic carbocycles. The molecule has 0 aliphatic carbocycles. The molecule has 80 valence electrons. The summed E-state index contributed by atoms with van der Waals surface area (Å²) in [5, 5.41) is 9.92. The molecule has 16 heavy (non-hydrogen) atoms. The van der Waals surface area contributed by atoms with Crippen LogP contribution in [-0.4, -0.2) is 4.98 Å². The van der Waals surface area contributed by atoms with Crippen LogP contribution in [0.5, 0.6) is 0 Å². The number of nitrogens with one attached hydrogen (secondary N) is 1. The predicted octanol–water partition coefficient (Wildman–Crippen LogP) is 3.97. The summed E-state index contributed by atoms with van der Waals surface area (Å²) in [4.78, 5) is 4.24. The second-order valence-electron chi connectivity index (χ2n) is 3.45. The van der Waals surface area contributed by atoms with Crippen molar-refractivity contribution in [1.29, 1.82) is 0 Å². The second-order valence-corrected chi connectivity index (χ2v) is 5.38. The fraction of sp³-hybridized carbons (Fsp3) is 0.0833. The maximum absolute atomic E-state index is 4.24. The number of fused-ring (bicyclic) bond motifs is 1. The smallest absolute Gasteiger partial charge is 0.112 e. The standard InChI is InChI=1S/C12H10N2S2/c1-2-11-9(3-5-15-11)7-10(1)14-8-12-13-4-6-16-12/h1-7,14H,8H2. The van der Waals surface area contributed by atoms with Gasteiger partial charge in [-0.15, -0.1) is 22.7 Å². The first-order valence-corrected chi connectivity index (χ1v) is 6.77. The van der Waals surface area contributed by atoms with Crippen molar-refractivity contribution in [2.75, 3.05) is 5.32 Å². The summed E-state index contributed by atoms with van der Waals surface area (Å²) in [6.07, 6.45) is 1.84. The first kappa shape index (κ1) is 9.81. The highest BCUT2D eigenvalue weighted by Crippen LogP contribution is 2.24. The number of anilines is 1. The topological polar surface area (TPSA) is 24.9 Å². The zero-order chi connectivity index (χ0) is 10.8. The lowest BCUT2D eigenvalue weighted by atomic mass is 10.2. The first-order chi connectivity index (χ1) is 7.92. The van der Waals surface area contributed by atoms with Gasteiger partial charge >= 0.3 is 0 Å². The van der Waals surface area contributed by atoms with Gasteiger partial charge < -0.3 is 5.32 Å². The zero-order valence-electron chi connectivity index (χ0n) is 8.51. The Morgan fingerprint density at radius 2 is 2.12 bits per heavy atom. The van der Waals surface area contributed by atoms with E-state index in [1.165, 1.54) is 10.1 Å². The molecular weight excluding hydrogens is 236 g/mol. The van der Waals surface area contributed by atoms with Crippen molar-refractivity contribution in [3.8, 4) is 0 Å². The molecule has 2 nitrogen and oxygen atoms in total. The minimum Gasteiger partial charge on any atom is -0.379 e. The van der Waals surface area contributed by atoms with E-state index in [0.717, 1.165) is 17.2 Å². The van der Waals surface area contributed by atoms with Crippen molar-refractivity contribution in [2.24, 2.45) is 0 Å². The molecule has 0 atom stereocenters. The summed E-state index contributed by atoms with van der Waals surface area (Å²) in [6, 6.07) is 8.60. The van der Waals surface area contributed by atoms with Gasteiger partial charge in [-0.1, -0.05) is 0 Å². The normalized spacial score (nSPS) is 10.8. The lowest BCUT2D eigenvalue weighted by molar-refractivity contribution is 1.10. The van der Waals surface area contributed by atoms with Gasteiger partial charge in [-0.3, -0.25) is 0 Å². The van der Waals surface area contributed by atoms with Gasteiger partial charge in [0.1, 0.15) is 5.01 Å². The van der Waals surface area contributed by atoms with Crippen molar-refractivity contribution < 1.29 is 0 Å². The molecule has 0 saturated carbocycles. The van der Waals surface area contributed by atoms with Crippen LogP contribution in [0.2, 0.25) is 0 Å². The lowest BCUT2D eigenvalue weighted by Gasteiger charge is -2.03. The molecule has 0 unspecified atom stereocenters. The van der Waals surface area contributed by atoms with E-state index in [-0.39, 0.29) is 0 Å². The number of hydrogen-bond acceptors (Lipinski definition) is 4. The van der Waals surface area contributed by atoms with Crippen LogP contribution in [0.1, 0.15) is 5.01 Å². The lowest BCUT2D eigenvalue weighted by Crippen LogP contribution is -1.97. The van der Waals surface area contributed by atoms with Crippen LogP contribution in [0, 0.1) is 0 Å². The summed E-state index contributed by atoms with van der Waals surface area (Å²) in [5.74, 6) is 0. The van der Waals surface area contributed by atoms with Crippen molar-refractivity contribution >= 4 is 38.4 Å². The van der Waals surface area contributed by atoms with E-state index in [4.69, 9.17) is 0 Å². The third kappa shape index (κ3) is 1.94. The van der Waals surface area contributed by atoms with E-state index >= 15 is 0 Å². The highest BCUT2D eigenvalue weighted by molar-refractivity contribution is 7.17. The summed E-state index contributed by atoms with van der Waals surface area (Å²) >= 11 is 3.45. The fourth-order valence-corrected chi connectivity index (χ4v) is 2.92. The first-order valence-electron chi connectivity index (χ1n) is 5.01. The van der Waals surface area contributed by atoms with Crippen LogP contribution in [0.25, 0.3) is 10.1 Å². The van der Waals surface area contributed by atoms with E-state index in [1.54, 1.807) is 22.7 Å². The Kier molecular flexibility index (Phi) is 2.60. The van der Waals surface area contributed by atoms with Gasteiger partial charge in [0.25, 0.3) is 0 Å². The molecule has 4 heteroatoms. The van der Waals surface area contributed by atoms with Crippen LogP contribution >= 0.6 is 22.7 Å². The minimum absolute atomic E-state index is 0.799. The second kappa shape index (κ2) is 4.23. The maximum atomic E-state index is 4.24. The summed E-state index contributed by atoms with van der Waals surface area (Å²) in [6.45, 7) is 0.799. The molecule has 0 fully saturated rings. The Morgan fingerprint density at radius 1 is 1.12 bits per heavy atom. The maximum Gasteiger partial charge on any atom is 0.112 e. The van der Waals surface area contributed by atoms with E-state index in [1.807, 2.05) is 11.6 Å². The molecular formula is C12H10N2S2. The van der Waals surface area contributed by atoms with Gasteiger partial charge in [-0.25, -0.2) is 4.98 Å². The Hall–Kier alpha value is -1.39. The Bertz CT molecular complexity index is 584. The van der Waals surface area contributed by atoms with Crippen molar-refractivity contribution in [2.45, 2.75) is 6.54 Å². The Morgan fingerprint density at radius 3 is 3.00 bits per heavy atom. The highest BCUT2D eigenvalue weighted by Gasteiger charge is 1.98. The highest BCUT2D eigenvalue weighted by atomic mass is 32.1. The van der Waals surface area contributed by atoms with Crippen LogP contribution in [0.3, 0.4) is 0 Å². The third-order valence-electron chi connectivity index (χ3n) is 2.38. The number of nitrogens with zero attached hydrogens (tertiary/aromatic N) is 1. The Labute approximate surface area is 102 Å². The molecule has 0 saturated heterocycles. The minimum atomic E-state index is 0.799. The molecule has 0 spiro atoms. The van der Waals surface area contributed by atoms with Crippen LogP contribution < -0.4 is 5.32 Å². The van der Waals surface area contributed by atoms with Crippen LogP contribution in [0.4, 0.5) is 5.69 Å². The SMILES string of the molecule is c1csc(CNc2ccc3sccc3c2)n1. The van der Waals surface area contributed by atoms with E-state index in [0.29, 0.717) is 0 Å². The molecule has 3 rings (SSSR count). The van der Waals surface area contributed by atoms with Gasteiger partial charge in [0.15, 0.2) is 0 Å². The molecule has 0 aliphatic heterocycles. The average Bonchev–Trinajstić information content (AvgIpc) is 2.97. The van der Waals surface area contributed by atoms with Gasteiger partial charge in [0.05, 0.1) is 6.54 Å². The van der Waals surface area contributed by atoms with Crippen LogP contribution in [-0.2, 0) is 6.54 Å². The molecule has 3 aromatic rings. The van der Waals surface area contributed by atoms with Crippen LogP contribution in [0.15, 0.2) is 41.2 Å². The van der Waals surface area contributed by atoms with E-state index in [9.17, 15) is 0 Å². The monoisotopic (exact) mass is 246 g/mol. The molecule has 0 aliphatic rings. The average molecular weight is 246 g/mol. The number of aromatic nitrogens is 1. The van der Waals surface area contributed by atoms with Gasteiger partial charge in [0, 0.05) is 22.0 Å². The third-order valence-corrected chi connectivity index (χ3v) is 4.06. The summed E-state index contributed by atoms with van der Waals surface area (Å²) in [7, 11) is 0. The quantitative estimate of drug-likeness (QED) is 0.756. The predicted molar refractivity (Wildman–Crippen MR) is 71.3 cm³/mol. The van der Waals surface area contributed by atoms with E-state index < -0.39 is 0 Å². The number of rotatable bonds is 3. The van der Waals surface area contributed by atoms with Crippen molar-refractivity contribution in [3.63, 3.8) is 0 Å². The Balaban J connectivity index is 1.78. The summed E-state index contributed by atoms with van der Waals surface area (Å²) < 4.78 is 1.33. The molecule has 0 amide bonds. The van der Waals surface area contributed by atoms with E-state index in [2.05, 4.69) is 39.9 Å². The fourth-order valence-electron chi connectivity index (χ4n) is 1.59. The number of thiazole rings is 1. The molecule has 2 heterocycles. The molecule has 0 radical (unpaired) electrons. The van der Waals surface area contributed by atoms with Gasteiger partial charge in [0.2, 0.25) is 0 Å². The number of hydrogen-bond donors (Lipinski definition) is 1. The number of thiophene rings is 1. The molecule has 1 N–H and O–H groups in total. The van der Waals surface area contributed by atoms with Crippen molar-refractivity contribution in [3.05, 3.63) is 46.2 Å². The summed E-state index contributed by atoms with van der Waals surface area (Å²) in [5.41, 5.74) is 1.15. The molecule has 0 bridgehead atoms. The van der Waals surface area contributed by atoms with Crippen molar-refractivity contribution in [1.82, 2.24) is 4.98 Å². The van der Waals surface area contributed by atoms with Gasteiger partial charge in [-0.2, -0.15) is 0 Å². The largest absolute Gasteiger partial charge is 0.379 e. The molecule has 2 aromatic heterocycles. The van der Waals surface area contributed by atoms with Gasteiger partial charge in [-0.05, 0) is 35.0 Å². The zero-order valence-corrected chi connectivity index (χ0v) is 10.1. The number of benzene rings is 1.